The van der Waals surface area contributed by atoms with E-state index in [1.54, 1.807) is 0 Å². The van der Waals surface area contributed by atoms with Crippen molar-refractivity contribution in [3.05, 3.63) is 47.3 Å². The number of benzene rings is 1. The normalized spacial score (nSPS) is 14.3. The van der Waals surface area contributed by atoms with E-state index in [0.29, 0.717) is 12.2 Å². The van der Waals surface area contributed by atoms with Gasteiger partial charge in [-0.1, -0.05) is 18.2 Å². The summed E-state index contributed by atoms with van der Waals surface area (Å²) in [6.07, 6.45) is 0.719. The lowest BCUT2D eigenvalue weighted by Gasteiger charge is -2.14. The van der Waals surface area contributed by atoms with Gasteiger partial charge in [0.25, 0.3) is 0 Å². The van der Waals surface area contributed by atoms with Gasteiger partial charge in [-0.15, -0.1) is 0 Å². The Hall–Kier alpha value is -2.10. The van der Waals surface area contributed by atoms with Crippen molar-refractivity contribution in [3.63, 3.8) is 0 Å². The number of cyclic esters (lactones) is 1. The van der Waals surface area contributed by atoms with Gasteiger partial charge in [0.1, 0.15) is 5.56 Å². The van der Waals surface area contributed by atoms with Crippen molar-refractivity contribution >= 4 is 5.97 Å². The molecule has 17 heavy (non-hydrogen) atoms. The second kappa shape index (κ2) is 3.73. The van der Waals surface area contributed by atoms with E-state index in [4.69, 9.17) is 4.74 Å². The molecule has 4 nitrogen and oxygen atoms in total. The lowest BCUT2D eigenvalue weighted by molar-refractivity contribution is 0.0477. The van der Waals surface area contributed by atoms with Crippen LogP contribution in [0.5, 0.6) is 0 Å². The largest absolute Gasteiger partial charge is 0.462 e. The Kier molecular flexibility index (Phi) is 2.21. The molecule has 0 spiro atoms. The highest BCUT2D eigenvalue weighted by Crippen LogP contribution is 2.23. The molecule has 1 aliphatic heterocycles. The zero-order valence-electron chi connectivity index (χ0n) is 9.51. The Labute approximate surface area is 98.8 Å². The first kappa shape index (κ1) is 10.1. The fourth-order valence-electron chi connectivity index (χ4n) is 2.17. The maximum absolute atomic E-state index is 11.7. The van der Waals surface area contributed by atoms with E-state index in [2.05, 4.69) is 5.10 Å². The Morgan fingerprint density at radius 3 is 2.82 bits per heavy atom. The van der Waals surface area contributed by atoms with Crippen LogP contribution in [0.15, 0.2) is 30.3 Å². The summed E-state index contributed by atoms with van der Waals surface area (Å²) >= 11 is 0. The maximum Gasteiger partial charge on any atom is 0.341 e. The quantitative estimate of drug-likeness (QED) is 0.700. The lowest BCUT2D eigenvalue weighted by Crippen LogP contribution is -2.19. The van der Waals surface area contributed by atoms with E-state index in [1.807, 2.05) is 41.9 Å². The van der Waals surface area contributed by atoms with Crippen molar-refractivity contribution in [3.8, 4) is 5.69 Å². The van der Waals surface area contributed by atoms with Crippen LogP contribution < -0.4 is 0 Å². The molecule has 0 bridgehead atoms. The molecule has 0 fully saturated rings. The van der Waals surface area contributed by atoms with Crippen LogP contribution in [0, 0.1) is 6.92 Å². The second-order valence-electron chi connectivity index (χ2n) is 4.04. The first-order valence-electron chi connectivity index (χ1n) is 5.58. The number of para-hydroxylation sites is 1. The number of hydrogen-bond acceptors (Lipinski definition) is 3. The Balaban J connectivity index is 2.20. The third-order valence-corrected chi connectivity index (χ3v) is 2.93. The SMILES string of the molecule is Cc1nn(-c2ccccc2)c2c1C(=O)OCC2. The van der Waals surface area contributed by atoms with Gasteiger partial charge in [-0.3, -0.25) is 0 Å². The predicted octanol–water partition coefficient (Wildman–Crippen LogP) is 1.89. The van der Waals surface area contributed by atoms with E-state index in [0.717, 1.165) is 23.5 Å². The molecule has 0 saturated heterocycles. The Bertz CT molecular complexity index is 573. The molecule has 0 amide bonds. The molecule has 3 rings (SSSR count). The van der Waals surface area contributed by atoms with Crippen molar-refractivity contribution < 1.29 is 9.53 Å². The first-order chi connectivity index (χ1) is 8.27. The van der Waals surface area contributed by atoms with E-state index < -0.39 is 0 Å². The van der Waals surface area contributed by atoms with Crippen LogP contribution in [-0.4, -0.2) is 22.4 Å². The summed E-state index contributed by atoms with van der Waals surface area (Å²) in [6.45, 7) is 2.27. The fourth-order valence-corrected chi connectivity index (χ4v) is 2.17. The van der Waals surface area contributed by atoms with E-state index in [1.165, 1.54) is 0 Å². The highest BCUT2D eigenvalue weighted by Gasteiger charge is 2.26. The van der Waals surface area contributed by atoms with Crippen molar-refractivity contribution in [1.29, 1.82) is 0 Å². The van der Waals surface area contributed by atoms with Crippen LogP contribution in [0.2, 0.25) is 0 Å². The van der Waals surface area contributed by atoms with Gasteiger partial charge in [-0.25, -0.2) is 9.48 Å². The number of hydrogen-bond donors (Lipinski definition) is 0. The number of nitrogens with zero attached hydrogens (tertiary/aromatic N) is 2. The maximum atomic E-state index is 11.7. The minimum atomic E-state index is -0.258. The molecule has 0 unspecified atom stereocenters. The van der Waals surface area contributed by atoms with E-state index >= 15 is 0 Å². The third kappa shape index (κ3) is 1.53. The molecule has 0 saturated carbocycles. The first-order valence-corrected chi connectivity index (χ1v) is 5.58. The molecule has 86 valence electrons. The topological polar surface area (TPSA) is 44.1 Å². The van der Waals surface area contributed by atoms with Gasteiger partial charge in [0.2, 0.25) is 0 Å². The van der Waals surface area contributed by atoms with Crippen LogP contribution in [0.3, 0.4) is 0 Å². The van der Waals surface area contributed by atoms with Crippen LogP contribution >= 0.6 is 0 Å². The number of fused-ring (bicyclic) bond motifs is 1. The molecule has 1 aliphatic rings. The van der Waals surface area contributed by atoms with Gasteiger partial charge in [-0.05, 0) is 19.1 Å². The number of carbonyl (C=O) groups is 1. The summed E-state index contributed by atoms with van der Waals surface area (Å²) < 4.78 is 6.88. The summed E-state index contributed by atoms with van der Waals surface area (Å²) in [6, 6.07) is 9.83. The monoisotopic (exact) mass is 228 g/mol. The number of esters is 1. The molecule has 0 atom stereocenters. The molecule has 0 N–H and O–H groups in total. The van der Waals surface area contributed by atoms with Crippen molar-refractivity contribution in [1.82, 2.24) is 9.78 Å². The summed E-state index contributed by atoms with van der Waals surface area (Å²) in [4.78, 5) is 11.7. The molecular weight excluding hydrogens is 216 g/mol. The van der Waals surface area contributed by atoms with Crippen LogP contribution in [0.4, 0.5) is 0 Å². The number of aromatic nitrogens is 2. The third-order valence-electron chi connectivity index (χ3n) is 2.93. The average molecular weight is 228 g/mol. The van der Waals surface area contributed by atoms with Gasteiger partial charge in [0, 0.05) is 6.42 Å². The lowest BCUT2D eigenvalue weighted by atomic mass is 10.1. The standard InChI is InChI=1S/C13H12N2O2/c1-9-12-11(7-8-17-13(12)16)15(14-9)10-5-3-2-4-6-10/h2-6H,7-8H2,1H3. The number of ether oxygens (including phenoxy) is 1. The molecule has 1 aromatic heterocycles. The predicted molar refractivity (Wildman–Crippen MR) is 62.3 cm³/mol. The Morgan fingerprint density at radius 1 is 1.29 bits per heavy atom. The molecule has 2 heterocycles. The number of aryl methyl sites for hydroxylation is 1. The fraction of sp³-hybridized carbons (Fsp3) is 0.231. The van der Waals surface area contributed by atoms with E-state index in [-0.39, 0.29) is 5.97 Å². The molecule has 0 aliphatic carbocycles. The van der Waals surface area contributed by atoms with Crippen molar-refractivity contribution in [2.75, 3.05) is 6.61 Å². The van der Waals surface area contributed by atoms with Crippen LogP contribution in [-0.2, 0) is 11.2 Å². The number of carbonyl (C=O) groups excluding carboxylic acids is 1. The second-order valence-corrected chi connectivity index (χ2v) is 4.04. The molecular formula is C13H12N2O2. The minimum Gasteiger partial charge on any atom is -0.462 e. The molecule has 4 heteroatoms. The van der Waals surface area contributed by atoms with E-state index in [9.17, 15) is 4.79 Å². The van der Waals surface area contributed by atoms with Gasteiger partial charge < -0.3 is 4.74 Å². The molecule has 2 aromatic rings. The van der Waals surface area contributed by atoms with Gasteiger partial charge in [-0.2, -0.15) is 5.10 Å². The summed E-state index contributed by atoms with van der Waals surface area (Å²) in [5, 5.41) is 4.43. The smallest absolute Gasteiger partial charge is 0.341 e. The summed E-state index contributed by atoms with van der Waals surface area (Å²) in [5.41, 5.74) is 3.28. The molecule has 0 radical (unpaired) electrons. The molecule has 1 aromatic carbocycles. The highest BCUT2D eigenvalue weighted by molar-refractivity contribution is 5.93. The Morgan fingerprint density at radius 2 is 2.06 bits per heavy atom. The zero-order chi connectivity index (χ0) is 11.8. The highest BCUT2D eigenvalue weighted by atomic mass is 16.5. The summed E-state index contributed by atoms with van der Waals surface area (Å²) in [7, 11) is 0. The minimum absolute atomic E-state index is 0.258. The summed E-state index contributed by atoms with van der Waals surface area (Å²) in [5.74, 6) is -0.258. The zero-order valence-corrected chi connectivity index (χ0v) is 9.51. The van der Waals surface area contributed by atoms with Crippen LogP contribution in [0.1, 0.15) is 21.7 Å². The van der Waals surface area contributed by atoms with Gasteiger partial charge in [0.15, 0.2) is 0 Å². The van der Waals surface area contributed by atoms with Crippen molar-refractivity contribution in [2.24, 2.45) is 0 Å². The van der Waals surface area contributed by atoms with Crippen LogP contribution in [0.25, 0.3) is 5.69 Å². The number of rotatable bonds is 1. The van der Waals surface area contributed by atoms with Gasteiger partial charge >= 0.3 is 5.97 Å². The van der Waals surface area contributed by atoms with Gasteiger partial charge in [0.05, 0.1) is 23.7 Å². The van der Waals surface area contributed by atoms with Crippen molar-refractivity contribution in [2.45, 2.75) is 13.3 Å². The average Bonchev–Trinajstić information content (AvgIpc) is 2.69.